The van der Waals surface area contributed by atoms with Gasteiger partial charge in [-0.15, -0.1) is 0 Å². The SMILES string of the molecule is Cc1ccc(CN2CC(C(=O)N(C)CCCC3CC(c4ccc(F)cc4)NN3)CC2=O)cc1. The Hall–Kier alpha value is -2.77. The van der Waals surface area contributed by atoms with E-state index in [9.17, 15) is 14.0 Å². The van der Waals surface area contributed by atoms with Gasteiger partial charge in [-0.3, -0.25) is 20.4 Å². The van der Waals surface area contributed by atoms with Crippen molar-refractivity contribution in [2.45, 2.75) is 51.2 Å². The predicted octanol–water partition coefficient (Wildman–Crippen LogP) is 3.33. The van der Waals surface area contributed by atoms with Gasteiger partial charge in [0.2, 0.25) is 11.8 Å². The van der Waals surface area contributed by atoms with Gasteiger partial charge in [0.1, 0.15) is 5.82 Å². The van der Waals surface area contributed by atoms with Crippen molar-refractivity contribution in [2.75, 3.05) is 20.1 Å². The molecule has 33 heavy (non-hydrogen) atoms. The molecule has 7 heteroatoms. The Bertz CT molecular complexity index is 963. The van der Waals surface area contributed by atoms with E-state index in [4.69, 9.17) is 0 Å². The van der Waals surface area contributed by atoms with Crippen LogP contribution in [0.5, 0.6) is 0 Å². The summed E-state index contributed by atoms with van der Waals surface area (Å²) in [6.45, 7) is 3.75. The number of nitrogens with one attached hydrogen (secondary N) is 2. The van der Waals surface area contributed by atoms with Crippen LogP contribution in [0, 0.1) is 18.7 Å². The fraction of sp³-hybridized carbons (Fsp3) is 0.462. The van der Waals surface area contributed by atoms with Gasteiger partial charge in [0, 0.05) is 45.2 Å². The first-order valence-corrected chi connectivity index (χ1v) is 11.7. The molecule has 2 N–H and O–H groups in total. The van der Waals surface area contributed by atoms with E-state index >= 15 is 0 Å². The third-order valence-electron chi connectivity index (χ3n) is 6.73. The minimum absolute atomic E-state index is 0.0513. The lowest BCUT2D eigenvalue weighted by Crippen LogP contribution is -2.36. The highest BCUT2D eigenvalue weighted by Gasteiger charge is 2.35. The van der Waals surface area contributed by atoms with Gasteiger partial charge < -0.3 is 9.80 Å². The lowest BCUT2D eigenvalue weighted by molar-refractivity contribution is -0.134. The van der Waals surface area contributed by atoms with E-state index in [1.807, 2.05) is 50.4 Å². The Morgan fingerprint density at radius 3 is 2.58 bits per heavy atom. The first-order valence-electron chi connectivity index (χ1n) is 11.7. The monoisotopic (exact) mass is 452 g/mol. The molecule has 2 heterocycles. The number of carbonyl (C=O) groups is 2. The minimum atomic E-state index is -0.262. The second kappa shape index (κ2) is 10.4. The van der Waals surface area contributed by atoms with Crippen LogP contribution in [0.25, 0.3) is 0 Å². The van der Waals surface area contributed by atoms with Crippen molar-refractivity contribution in [1.82, 2.24) is 20.7 Å². The van der Waals surface area contributed by atoms with Crippen molar-refractivity contribution in [2.24, 2.45) is 5.92 Å². The highest BCUT2D eigenvalue weighted by molar-refractivity contribution is 5.89. The summed E-state index contributed by atoms with van der Waals surface area (Å²) >= 11 is 0. The van der Waals surface area contributed by atoms with Crippen molar-refractivity contribution >= 4 is 11.8 Å². The quantitative estimate of drug-likeness (QED) is 0.645. The Morgan fingerprint density at radius 2 is 1.85 bits per heavy atom. The Labute approximate surface area is 195 Å². The molecule has 4 rings (SSSR count). The number of hydrogen-bond donors (Lipinski definition) is 2. The molecule has 0 bridgehead atoms. The first-order chi connectivity index (χ1) is 15.9. The van der Waals surface area contributed by atoms with Gasteiger partial charge in [0.05, 0.1) is 5.92 Å². The van der Waals surface area contributed by atoms with Crippen molar-refractivity contribution < 1.29 is 14.0 Å². The van der Waals surface area contributed by atoms with Crippen LogP contribution >= 0.6 is 0 Å². The van der Waals surface area contributed by atoms with E-state index in [0.29, 0.717) is 32.1 Å². The highest BCUT2D eigenvalue weighted by atomic mass is 19.1. The summed E-state index contributed by atoms with van der Waals surface area (Å²) in [6.07, 6.45) is 3.04. The maximum atomic E-state index is 13.1. The summed E-state index contributed by atoms with van der Waals surface area (Å²) in [6, 6.07) is 15.2. The van der Waals surface area contributed by atoms with Crippen molar-refractivity contribution in [1.29, 1.82) is 0 Å². The van der Waals surface area contributed by atoms with E-state index in [1.54, 1.807) is 9.80 Å². The van der Waals surface area contributed by atoms with Crippen molar-refractivity contribution in [3.05, 3.63) is 71.0 Å². The molecule has 2 aromatic rings. The number of hydrazine groups is 1. The molecule has 6 nitrogen and oxygen atoms in total. The summed E-state index contributed by atoms with van der Waals surface area (Å²) in [7, 11) is 1.83. The number of benzene rings is 2. The van der Waals surface area contributed by atoms with Crippen LogP contribution in [0.15, 0.2) is 48.5 Å². The van der Waals surface area contributed by atoms with Gasteiger partial charge in [-0.25, -0.2) is 4.39 Å². The highest BCUT2D eigenvalue weighted by Crippen LogP contribution is 2.25. The van der Waals surface area contributed by atoms with E-state index in [1.165, 1.54) is 17.7 Å². The summed E-state index contributed by atoms with van der Waals surface area (Å²) < 4.78 is 13.1. The Morgan fingerprint density at radius 1 is 1.12 bits per heavy atom. The van der Waals surface area contributed by atoms with Gasteiger partial charge in [-0.05, 0) is 49.4 Å². The van der Waals surface area contributed by atoms with E-state index in [2.05, 4.69) is 10.9 Å². The van der Waals surface area contributed by atoms with Crippen LogP contribution < -0.4 is 10.9 Å². The standard InChI is InChI=1S/C26H33FN4O2/c1-18-5-7-19(8-6-18)16-31-17-21(14-25(31)32)26(33)30(2)13-3-4-23-15-24(29-28-23)20-9-11-22(27)12-10-20/h5-12,21,23-24,28-29H,3-4,13-17H2,1-2H3. The molecule has 2 aliphatic rings. The molecule has 3 unspecified atom stereocenters. The summed E-state index contributed by atoms with van der Waals surface area (Å²) in [5.41, 5.74) is 9.95. The topological polar surface area (TPSA) is 64.7 Å². The number of nitrogens with zero attached hydrogens (tertiary/aromatic N) is 2. The fourth-order valence-electron chi connectivity index (χ4n) is 4.73. The maximum Gasteiger partial charge on any atom is 0.227 e. The van der Waals surface area contributed by atoms with Crippen LogP contribution in [0.2, 0.25) is 0 Å². The smallest absolute Gasteiger partial charge is 0.227 e. The van der Waals surface area contributed by atoms with Crippen LogP contribution in [0.1, 0.15) is 48.4 Å². The predicted molar refractivity (Wildman–Crippen MR) is 125 cm³/mol. The van der Waals surface area contributed by atoms with Crippen LogP contribution in [-0.4, -0.2) is 47.8 Å². The first kappa shape index (κ1) is 23.4. The Kier molecular flexibility index (Phi) is 7.40. The Balaban J connectivity index is 1.19. The maximum absolute atomic E-state index is 13.1. The molecule has 0 aromatic heterocycles. The van der Waals surface area contributed by atoms with Gasteiger partial charge in [-0.2, -0.15) is 0 Å². The summed E-state index contributed by atoms with van der Waals surface area (Å²) in [4.78, 5) is 28.9. The van der Waals surface area contributed by atoms with Crippen LogP contribution in [-0.2, 0) is 16.1 Å². The number of carbonyl (C=O) groups excluding carboxylic acids is 2. The van der Waals surface area contributed by atoms with E-state index < -0.39 is 0 Å². The number of amides is 2. The largest absolute Gasteiger partial charge is 0.345 e. The van der Waals surface area contributed by atoms with Gasteiger partial charge in [-0.1, -0.05) is 42.0 Å². The zero-order valence-electron chi connectivity index (χ0n) is 19.4. The van der Waals surface area contributed by atoms with Crippen molar-refractivity contribution in [3.63, 3.8) is 0 Å². The summed E-state index contributed by atoms with van der Waals surface area (Å²) in [5, 5.41) is 0. The zero-order chi connectivity index (χ0) is 23.4. The molecule has 0 saturated carbocycles. The van der Waals surface area contributed by atoms with Gasteiger partial charge in [0.25, 0.3) is 0 Å². The summed E-state index contributed by atoms with van der Waals surface area (Å²) in [5.74, 6) is -0.384. The molecule has 2 aliphatic heterocycles. The number of hydrogen-bond acceptors (Lipinski definition) is 4. The molecule has 3 atom stereocenters. The number of aryl methyl sites for hydroxylation is 1. The third-order valence-corrected chi connectivity index (χ3v) is 6.73. The molecule has 0 radical (unpaired) electrons. The minimum Gasteiger partial charge on any atom is -0.345 e. The zero-order valence-corrected chi connectivity index (χ0v) is 19.4. The average molecular weight is 453 g/mol. The molecule has 176 valence electrons. The molecule has 2 aromatic carbocycles. The molecule has 2 amide bonds. The van der Waals surface area contributed by atoms with Crippen LogP contribution in [0.3, 0.4) is 0 Å². The molecule has 0 aliphatic carbocycles. The number of likely N-dealkylation sites (tertiary alicyclic amines) is 1. The normalized spacial score (nSPS) is 22.7. The van der Waals surface area contributed by atoms with Gasteiger partial charge >= 0.3 is 0 Å². The molecule has 2 saturated heterocycles. The molecular formula is C26H33FN4O2. The van der Waals surface area contributed by atoms with Gasteiger partial charge in [0.15, 0.2) is 0 Å². The average Bonchev–Trinajstić information content (AvgIpc) is 3.42. The molecule has 0 spiro atoms. The van der Waals surface area contributed by atoms with Crippen LogP contribution in [0.4, 0.5) is 4.39 Å². The third kappa shape index (κ3) is 5.97. The molecular weight excluding hydrogens is 419 g/mol. The second-order valence-corrected chi connectivity index (χ2v) is 9.39. The number of halogens is 1. The van der Waals surface area contributed by atoms with E-state index in [-0.39, 0.29) is 29.6 Å². The molecule has 2 fully saturated rings. The van der Waals surface area contributed by atoms with Crippen molar-refractivity contribution in [3.8, 4) is 0 Å². The lowest BCUT2D eigenvalue weighted by atomic mass is 9.99. The number of rotatable bonds is 8. The lowest BCUT2D eigenvalue weighted by Gasteiger charge is -2.22. The van der Waals surface area contributed by atoms with E-state index in [0.717, 1.165) is 30.4 Å². The fourth-order valence-corrected chi connectivity index (χ4v) is 4.73. The second-order valence-electron chi connectivity index (χ2n) is 9.39.